The smallest absolute Gasteiger partial charge is 0.181 e. The molecule has 0 amide bonds. The summed E-state index contributed by atoms with van der Waals surface area (Å²) in [5.41, 5.74) is 2.58. The lowest BCUT2D eigenvalue weighted by Crippen LogP contribution is -2.57. The molecule has 5 rings (SSSR count). The Morgan fingerprint density at radius 3 is 2.87 bits per heavy atom. The van der Waals surface area contributed by atoms with Crippen molar-refractivity contribution in [3.8, 4) is 11.5 Å². The van der Waals surface area contributed by atoms with Crippen LogP contribution in [0.2, 0.25) is 0 Å². The topological polar surface area (TPSA) is 99.9 Å². The van der Waals surface area contributed by atoms with Crippen LogP contribution in [0, 0.1) is 0 Å². The van der Waals surface area contributed by atoms with Gasteiger partial charge in [-0.05, 0) is 11.6 Å². The normalized spacial score (nSPS) is 28.0. The van der Waals surface area contributed by atoms with E-state index >= 15 is 0 Å². The molecule has 0 saturated carbocycles. The van der Waals surface area contributed by atoms with Crippen LogP contribution in [0.3, 0.4) is 0 Å². The molecule has 2 aliphatic heterocycles. The molecule has 0 unspecified atom stereocenters. The molecular formula is C21H24N4O5. The summed E-state index contributed by atoms with van der Waals surface area (Å²) < 4.78 is 24.7. The maximum Gasteiger partial charge on any atom is 0.181 e. The number of fused-ring (bicyclic) bond motifs is 3. The van der Waals surface area contributed by atoms with Crippen LogP contribution in [-0.2, 0) is 16.0 Å². The van der Waals surface area contributed by atoms with E-state index in [-0.39, 0.29) is 12.1 Å². The van der Waals surface area contributed by atoms with Gasteiger partial charge in [0.25, 0.3) is 0 Å². The molecule has 0 spiro atoms. The van der Waals surface area contributed by atoms with Crippen molar-refractivity contribution >= 4 is 11.0 Å². The second-order valence-electron chi connectivity index (χ2n) is 7.47. The van der Waals surface area contributed by atoms with E-state index in [1.54, 1.807) is 32.9 Å². The number of methoxy groups -OCH3 is 2. The molecule has 0 aliphatic carbocycles. The highest BCUT2D eigenvalue weighted by molar-refractivity contribution is 5.80. The Kier molecular flexibility index (Phi) is 5.03. The summed E-state index contributed by atoms with van der Waals surface area (Å²) in [5.74, 6) is 1.19. The monoisotopic (exact) mass is 412 g/mol. The molecule has 2 aliphatic rings. The van der Waals surface area contributed by atoms with E-state index in [1.807, 2.05) is 28.8 Å². The zero-order valence-electron chi connectivity index (χ0n) is 16.8. The van der Waals surface area contributed by atoms with Crippen LogP contribution in [-0.4, -0.2) is 65.0 Å². The number of aliphatic hydroxyl groups excluding tert-OH is 1. The Labute approximate surface area is 173 Å². The van der Waals surface area contributed by atoms with Gasteiger partial charge in [0.15, 0.2) is 17.8 Å². The maximum atomic E-state index is 11.3. The number of nitrogens with one attached hydrogen (secondary N) is 1. The van der Waals surface area contributed by atoms with Crippen molar-refractivity contribution in [2.75, 3.05) is 20.8 Å². The molecule has 4 heterocycles. The number of rotatable bonds is 6. The first-order chi connectivity index (χ1) is 14.7. The fourth-order valence-electron chi connectivity index (χ4n) is 4.28. The van der Waals surface area contributed by atoms with Gasteiger partial charge in [-0.25, -0.2) is 4.98 Å². The predicted molar refractivity (Wildman–Crippen MR) is 107 cm³/mol. The Hall–Kier alpha value is -2.72. The summed E-state index contributed by atoms with van der Waals surface area (Å²) in [4.78, 5) is 8.63. The number of aliphatic hydroxyl groups is 1. The molecule has 2 bridgehead atoms. The van der Waals surface area contributed by atoms with Gasteiger partial charge in [0.2, 0.25) is 0 Å². The Morgan fingerprint density at radius 1 is 1.27 bits per heavy atom. The number of nitrogens with zero attached hydrogens (tertiary/aromatic N) is 3. The number of hydrogen-bond acceptors (Lipinski definition) is 8. The van der Waals surface area contributed by atoms with Crippen molar-refractivity contribution in [1.29, 1.82) is 0 Å². The molecular weight excluding hydrogens is 388 g/mol. The third-order valence-electron chi connectivity index (χ3n) is 5.80. The summed E-state index contributed by atoms with van der Waals surface area (Å²) in [6.07, 6.45) is 3.73. The SMILES string of the molecule is COc1cc2ncn([C@H]3[C@@H]4OC[C@@H](O4)[C@@H](NCc4cccnc4)[C@@H]3O)c2cc1OC. The molecule has 1 aromatic carbocycles. The first-order valence-electron chi connectivity index (χ1n) is 9.85. The maximum absolute atomic E-state index is 11.3. The van der Waals surface area contributed by atoms with Crippen LogP contribution in [0.4, 0.5) is 0 Å². The van der Waals surface area contributed by atoms with Crippen LogP contribution < -0.4 is 14.8 Å². The number of hydrogen-bond donors (Lipinski definition) is 2. The standard InChI is InChI=1S/C21H24N4O5/c1-27-15-6-13-14(7-16(15)28-2)25(11-24-13)19-20(26)18(17-10-29-21(19)30-17)23-9-12-4-3-5-22-8-12/h3-8,11,17-21,23,26H,9-10H2,1-2H3/t17-,18-,19-,20+,21-/m1/s1. The molecule has 2 fully saturated rings. The van der Waals surface area contributed by atoms with Gasteiger partial charge in [0.1, 0.15) is 12.1 Å². The molecule has 0 radical (unpaired) electrons. The fourth-order valence-corrected chi connectivity index (χ4v) is 4.28. The van der Waals surface area contributed by atoms with Crippen molar-refractivity contribution in [2.24, 2.45) is 0 Å². The minimum absolute atomic E-state index is 0.220. The van der Waals surface area contributed by atoms with Gasteiger partial charge in [-0.2, -0.15) is 0 Å². The molecule has 2 N–H and O–H groups in total. The molecule has 9 nitrogen and oxygen atoms in total. The first-order valence-corrected chi connectivity index (χ1v) is 9.85. The quantitative estimate of drug-likeness (QED) is 0.624. The van der Waals surface area contributed by atoms with Gasteiger partial charge in [-0.15, -0.1) is 0 Å². The van der Waals surface area contributed by atoms with E-state index < -0.39 is 18.4 Å². The molecule has 3 aromatic rings. The molecule has 2 saturated heterocycles. The van der Waals surface area contributed by atoms with Crippen molar-refractivity contribution in [2.45, 2.75) is 37.1 Å². The predicted octanol–water partition coefficient (Wildman–Crippen LogP) is 1.26. The van der Waals surface area contributed by atoms with Crippen LogP contribution in [0.25, 0.3) is 11.0 Å². The molecule has 9 heteroatoms. The number of ether oxygens (including phenoxy) is 4. The molecule has 2 aromatic heterocycles. The zero-order valence-corrected chi connectivity index (χ0v) is 16.8. The van der Waals surface area contributed by atoms with Crippen LogP contribution in [0.15, 0.2) is 43.0 Å². The summed E-state index contributed by atoms with van der Waals surface area (Å²) in [5, 5.41) is 14.7. The van der Waals surface area contributed by atoms with E-state index in [1.165, 1.54) is 0 Å². The lowest BCUT2D eigenvalue weighted by molar-refractivity contribution is -0.164. The van der Waals surface area contributed by atoms with Crippen molar-refractivity contribution in [3.63, 3.8) is 0 Å². The number of imidazole rings is 1. The highest BCUT2D eigenvalue weighted by Crippen LogP contribution is 2.39. The summed E-state index contributed by atoms with van der Waals surface area (Å²) >= 11 is 0. The minimum atomic E-state index is -0.738. The van der Waals surface area contributed by atoms with Crippen molar-refractivity contribution < 1.29 is 24.1 Å². The van der Waals surface area contributed by atoms with Crippen molar-refractivity contribution in [1.82, 2.24) is 19.9 Å². The Bertz CT molecular complexity index is 1030. The third kappa shape index (κ3) is 3.20. The van der Waals surface area contributed by atoms with Gasteiger partial charge in [-0.3, -0.25) is 4.98 Å². The highest BCUT2D eigenvalue weighted by atomic mass is 16.7. The van der Waals surface area contributed by atoms with Gasteiger partial charge < -0.3 is 33.9 Å². The number of benzene rings is 1. The van der Waals surface area contributed by atoms with E-state index in [9.17, 15) is 5.11 Å². The van der Waals surface area contributed by atoms with E-state index in [0.717, 1.165) is 16.6 Å². The van der Waals surface area contributed by atoms with Gasteiger partial charge in [0, 0.05) is 31.1 Å². The average molecular weight is 412 g/mol. The largest absolute Gasteiger partial charge is 0.493 e. The van der Waals surface area contributed by atoms with Crippen LogP contribution >= 0.6 is 0 Å². The van der Waals surface area contributed by atoms with E-state index in [0.29, 0.717) is 24.7 Å². The van der Waals surface area contributed by atoms with Crippen molar-refractivity contribution in [3.05, 3.63) is 48.5 Å². The summed E-state index contributed by atoms with van der Waals surface area (Å²) in [7, 11) is 3.18. The lowest BCUT2D eigenvalue weighted by atomic mass is 9.95. The first kappa shape index (κ1) is 19.3. The molecule has 5 atom stereocenters. The minimum Gasteiger partial charge on any atom is -0.493 e. The highest BCUT2D eigenvalue weighted by Gasteiger charge is 2.51. The second-order valence-corrected chi connectivity index (χ2v) is 7.47. The van der Waals surface area contributed by atoms with Crippen LogP contribution in [0.1, 0.15) is 11.6 Å². The third-order valence-corrected chi connectivity index (χ3v) is 5.80. The van der Waals surface area contributed by atoms with Gasteiger partial charge in [0.05, 0.1) is 50.3 Å². The fraction of sp³-hybridized carbons (Fsp3) is 0.429. The molecule has 158 valence electrons. The number of aromatic nitrogens is 3. The lowest BCUT2D eigenvalue weighted by Gasteiger charge is -2.39. The Morgan fingerprint density at radius 2 is 2.10 bits per heavy atom. The Balaban J connectivity index is 1.46. The zero-order chi connectivity index (χ0) is 20.7. The summed E-state index contributed by atoms with van der Waals surface area (Å²) in [6.45, 7) is 0.995. The number of pyridine rings is 1. The van der Waals surface area contributed by atoms with Gasteiger partial charge >= 0.3 is 0 Å². The van der Waals surface area contributed by atoms with E-state index in [4.69, 9.17) is 18.9 Å². The summed E-state index contributed by atoms with van der Waals surface area (Å²) in [6, 6.07) is 6.79. The van der Waals surface area contributed by atoms with Gasteiger partial charge in [-0.1, -0.05) is 6.07 Å². The molecule has 30 heavy (non-hydrogen) atoms. The second kappa shape index (κ2) is 7.84. The van der Waals surface area contributed by atoms with Crippen LogP contribution in [0.5, 0.6) is 11.5 Å². The average Bonchev–Trinajstić information content (AvgIpc) is 3.39. The van der Waals surface area contributed by atoms with E-state index in [2.05, 4.69) is 15.3 Å².